The first-order valence-electron chi connectivity index (χ1n) is 9.11. The maximum Gasteiger partial charge on any atom is 0.337 e. The van der Waals surface area contributed by atoms with E-state index in [1.54, 1.807) is 37.3 Å². The van der Waals surface area contributed by atoms with Gasteiger partial charge in [0.2, 0.25) is 0 Å². The van der Waals surface area contributed by atoms with Gasteiger partial charge in [0, 0.05) is 13.1 Å². The quantitative estimate of drug-likeness (QED) is 0.337. The summed E-state index contributed by atoms with van der Waals surface area (Å²) < 4.78 is 39.5. The van der Waals surface area contributed by atoms with E-state index in [1.807, 2.05) is 30.3 Å². The number of benzene rings is 2. The van der Waals surface area contributed by atoms with E-state index in [9.17, 15) is 17.8 Å². The Morgan fingerprint density at radius 1 is 1.07 bits per heavy atom. The molecule has 0 fully saturated rings. The Balaban J connectivity index is 2.10. The van der Waals surface area contributed by atoms with Gasteiger partial charge in [-0.05, 0) is 31.0 Å². The fourth-order valence-corrected chi connectivity index (χ4v) is 3.57. The van der Waals surface area contributed by atoms with E-state index in [0.717, 1.165) is 16.3 Å². The highest BCUT2D eigenvalue weighted by atomic mass is 32.2. The molecule has 0 spiro atoms. The van der Waals surface area contributed by atoms with Crippen LogP contribution in [0.2, 0.25) is 0 Å². The van der Waals surface area contributed by atoms with Crippen LogP contribution in [-0.4, -0.2) is 49.0 Å². The van der Waals surface area contributed by atoms with Crippen molar-refractivity contribution in [1.29, 1.82) is 0 Å². The number of hydrogen-bond acceptors (Lipinski definition) is 5. The average Bonchev–Trinajstić information content (AvgIpc) is 2.68. The highest BCUT2D eigenvalue weighted by Gasteiger charge is 2.34. The lowest BCUT2D eigenvalue weighted by Crippen LogP contribution is -2.50. The van der Waals surface area contributed by atoms with Crippen molar-refractivity contribution >= 4 is 16.3 Å². The molecular weight excluding hydrogens is 380 g/mol. The minimum atomic E-state index is -4.62. The first-order valence-corrected chi connectivity index (χ1v) is 10.5. The summed E-state index contributed by atoms with van der Waals surface area (Å²) in [5, 5.41) is 3.09. The number of hydrogen-bond donors (Lipinski definition) is 2. The molecule has 2 aromatic carbocycles. The Labute approximate surface area is 166 Å². The molecule has 0 aromatic heterocycles. The molecule has 0 bridgehead atoms. The minimum Gasteiger partial charge on any atom is -0.465 e. The smallest absolute Gasteiger partial charge is 0.337 e. The molecule has 152 valence electrons. The third-order valence-electron chi connectivity index (χ3n) is 4.15. The summed E-state index contributed by atoms with van der Waals surface area (Å²) in [6.45, 7) is 2.20. The average molecular weight is 407 g/mol. The van der Waals surface area contributed by atoms with Gasteiger partial charge in [0.05, 0.1) is 6.61 Å². The standard InChI is InChI=1S/C20H26N2O5S/c1-2-27-20(23)19(15-21-14-13-17-9-5-3-6-10-17)22(28(24,25)26)16-18-11-7-4-8-12-18/h3-12,19,21H,2,13-16H2,1H3,(H,24,25,26)/t19-/m0/s1. The molecule has 0 aliphatic heterocycles. The van der Waals surface area contributed by atoms with E-state index < -0.39 is 22.3 Å². The van der Waals surface area contributed by atoms with Gasteiger partial charge in [-0.3, -0.25) is 9.35 Å². The number of rotatable bonds is 11. The van der Waals surface area contributed by atoms with Crippen molar-refractivity contribution < 1.29 is 22.5 Å². The summed E-state index contributed by atoms with van der Waals surface area (Å²) in [5.41, 5.74) is 1.78. The lowest BCUT2D eigenvalue weighted by Gasteiger charge is -2.27. The highest BCUT2D eigenvalue weighted by molar-refractivity contribution is 7.83. The van der Waals surface area contributed by atoms with Crippen LogP contribution >= 0.6 is 0 Å². The molecule has 0 aliphatic carbocycles. The number of ether oxygens (including phenoxy) is 1. The molecule has 0 unspecified atom stereocenters. The predicted molar refractivity (Wildman–Crippen MR) is 107 cm³/mol. The number of carbonyl (C=O) groups is 1. The van der Waals surface area contributed by atoms with Crippen LogP contribution in [0.4, 0.5) is 0 Å². The van der Waals surface area contributed by atoms with Crippen molar-refractivity contribution in [3.63, 3.8) is 0 Å². The first-order chi connectivity index (χ1) is 13.4. The number of nitrogens with one attached hydrogen (secondary N) is 1. The Kier molecular flexibility index (Phi) is 8.59. The van der Waals surface area contributed by atoms with Gasteiger partial charge < -0.3 is 10.1 Å². The molecule has 8 heteroatoms. The third-order valence-corrected chi connectivity index (χ3v) is 5.13. The van der Waals surface area contributed by atoms with E-state index in [2.05, 4.69) is 5.32 Å². The molecule has 0 saturated heterocycles. The SMILES string of the molecule is CCOC(=O)[C@H](CNCCc1ccccc1)N(Cc1ccccc1)S(=O)(=O)O. The zero-order chi connectivity index (χ0) is 20.4. The van der Waals surface area contributed by atoms with E-state index in [1.165, 1.54) is 0 Å². The second-order valence-corrected chi connectivity index (χ2v) is 7.58. The van der Waals surface area contributed by atoms with Crippen LogP contribution in [0.5, 0.6) is 0 Å². The zero-order valence-corrected chi connectivity index (χ0v) is 16.6. The summed E-state index contributed by atoms with van der Waals surface area (Å²) in [6, 6.07) is 17.4. The van der Waals surface area contributed by atoms with Crippen molar-refractivity contribution in [3.8, 4) is 0 Å². The van der Waals surface area contributed by atoms with Gasteiger partial charge in [-0.15, -0.1) is 0 Å². The molecule has 2 aromatic rings. The van der Waals surface area contributed by atoms with Gasteiger partial charge in [0.25, 0.3) is 0 Å². The predicted octanol–water partition coefficient (Wildman–Crippen LogP) is 2.06. The van der Waals surface area contributed by atoms with Crippen LogP contribution in [0.1, 0.15) is 18.1 Å². The molecule has 0 amide bonds. The van der Waals surface area contributed by atoms with Crippen LogP contribution in [0.3, 0.4) is 0 Å². The Morgan fingerprint density at radius 3 is 2.18 bits per heavy atom. The molecular formula is C20H26N2O5S. The highest BCUT2D eigenvalue weighted by Crippen LogP contribution is 2.14. The van der Waals surface area contributed by atoms with Gasteiger partial charge in [0.1, 0.15) is 6.04 Å². The van der Waals surface area contributed by atoms with E-state index >= 15 is 0 Å². The van der Waals surface area contributed by atoms with Crippen molar-refractivity contribution in [2.24, 2.45) is 0 Å². The maximum absolute atomic E-state index is 12.4. The second kappa shape index (κ2) is 10.9. The van der Waals surface area contributed by atoms with Gasteiger partial charge in [-0.25, -0.2) is 0 Å². The van der Waals surface area contributed by atoms with Gasteiger partial charge >= 0.3 is 16.3 Å². The fraction of sp³-hybridized carbons (Fsp3) is 0.350. The first kappa shape index (κ1) is 22.0. The van der Waals surface area contributed by atoms with Crippen LogP contribution < -0.4 is 5.32 Å². The topological polar surface area (TPSA) is 95.9 Å². The molecule has 2 rings (SSSR count). The summed E-state index contributed by atoms with van der Waals surface area (Å²) in [4.78, 5) is 12.4. The Bertz CT molecular complexity index is 828. The lowest BCUT2D eigenvalue weighted by molar-refractivity contribution is -0.147. The van der Waals surface area contributed by atoms with Crippen LogP contribution in [0.25, 0.3) is 0 Å². The molecule has 0 radical (unpaired) electrons. The summed E-state index contributed by atoms with van der Waals surface area (Å²) in [6.07, 6.45) is 0.723. The summed E-state index contributed by atoms with van der Waals surface area (Å²) >= 11 is 0. The normalized spacial score (nSPS) is 12.7. The van der Waals surface area contributed by atoms with Crippen LogP contribution in [0.15, 0.2) is 60.7 Å². The molecule has 2 N–H and O–H groups in total. The van der Waals surface area contributed by atoms with Crippen molar-refractivity contribution in [3.05, 3.63) is 71.8 Å². The van der Waals surface area contributed by atoms with E-state index in [4.69, 9.17) is 4.74 Å². The lowest BCUT2D eigenvalue weighted by atomic mass is 10.1. The third kappa shape index (κ3) is 7.05. The van der Waals surface area contributed by atoms with E-state index in [0.29, 0.717) is 12.1 Å². The van der Waals surface area contributed by atoms with Crippen LogP contribution in [-0.2, 0) is 32.8 Å². The second-order valence-electron chi connectivity index (χ2n) is 6.22. The fourth-order valence-electron chi connectivity index (χ4n) is 2.77. The summed E-state index contributed by atoms with van der Waals surface area (Å²) in [7, 11) is -4.62. The van der Waals surface area contributed by atoms with E-state index in [-0.39, 0.29) is 19.7 Å². The van der Waals surface area contributed by atoms with Gasteiger partial charge in [0.15, 0.2) is 0 Å². The summed E-state index contributed by atoms with van der Waals surface area (Å²) in [5.74, 6) is -0.705. The molecule has 28 heavy (non-hydrogen) atoms. The monoisotopic (exact) mass is 406 g/mol. The molecule has 1 atom stereocenters. The van der Waals surface area contributed by atoms with Crippen molar-refractivity contribution in [2.45, 2.75) is 25.9 Å². The van der Waals surface area contributed by atoms with Crippen LogP contribution in [0, 0.1) is 0 Å². The molecule has 7 nitrogen and oxygen atoms in total. The zero-order valence-electron chi connectivity index (χ0n) is 15.8. The van der Waals surface area contributed by atoms with Crippen molar-refractivity contribution in [2.75, 3.05) is 19.7 Å². The molecule has 0 aliphatic rings. The molecule has 0 heterocycles. The Morgan fingerprint density at radius 2 is 1.64 bits per heavy atom. The number of esters is 1. The van der Waals surface area contributed by atoms with Gasteiger partial charge in [-0.1, -0.05) is 60.7 Å². The number of carbonyl (C=O) groups excluding carboxylic acids is 1. The largest absolute Gasteiger partial charge is 0.465 e. The van der Waals surface area contributed by atoms with Gasteiger partial charge in [-0.2, -0.15) is 12.7 Å². The minimum absolute atomic E-state index is 0.0261. The maximum atomic E-state index is 12.4. The number of nitrogens with zero attached hydrogens (tertiary/aromatic N) is 1. The van der Waals surface area contributed by atoms with Crippen molar-refractivity contribution in [1.82, 2.24) is 9.62 Å². The Hall–Kier alpha value is -2.26. The molecule has 0 saturated carbocycles.